The highest BCUT2D eigenvalue weighted by Gasteiger charge is 2.31. The maximum absolute atomic E-state index is 15.6. The lowest BCUT2D eigenvalue weighted by atomic mass is 10.0. The van der Waals surface area contributed by atoms with Crippen molar-refractivity contribution in [3.8, 4) is 0 Å². The molecule has 4 heterocycles. The fraction of sp³-hybridized carbons (Fsp3) is 0.400. The number of carbonyl (C=O) groups is 2. The summed E-state index contributed by atoms with van der Waals surface area (Å²) in [5, 5.41) is 5.84. The van der Waals surface area contributed by atoms with Gasteiger partial charge in [0.1, 0.15) is 11.5 Å². The van der Waals surface area contributed by atoms with Gasteiger partial charge in [0.2, 0.25) is 0 Å². The molecule has 0 atom stereocenters. The number of urea groups is 1. The fourth-order valence-corrected chi connectivity index (χ4v) is 4.94. The Morgan fingerprint density at radius 1 is 1.14 bits per heavy atom. The van der Waals surface area contributed by atoms with Gasteiger partial charge >= 0.3 is 6.03 Å². The molecule has 3 amide bonds. The van der Waals surface area contributed by atoms with E-state index in [9.17, 15) is 9.59 Å². The lowest BCUT2D eigenvalue weighted by Gasteiger charge is -2.37. The van der Waals surface area contributed by atoms with Crippen LogP contribution in [0.15, 0.2) is 18.2 Å². The van der Waals surface area contributed by atoms with Gasteiger partial charge in [0.05, 0.1) is 28.0 Å². The Hall–Kier alpha value is -3.86. The van der Waals surface area contributed by atoms with Crippen molar-refractivity contribution in [3.05, 3.63) is 46.8 Å². The summed E-state index contributed by atoms with van der Waals surface area (Å²) in [5.74, 6) is 0.336. The van der Waals surface area contributed by atoms with E-state index in [1.807, 2.05) is 19.9 Å². The van der Waals surface area contributed by atoms with Crippen LogP contribution in [0.2, 0.25) is 0 Å². The zero-order valence-corrected chi connectivity index (χ0v) is 20.9. The van der Waals surface area contributed by atoms with Crippen molar-refractivity contribution in [1.82, 2.24) is 25.2 Å². The largest absolute Gasteiger partial charge is 0.368 e. The van der Waals surface area contributed by atoms with E-state index < -0.39 is 5.82 Å². The summed E-state index contributed by atoms with van der Waals surface area (Å²) in [6.45, 7) is 9.31. The van der Waals surface area contributed by atoms with E-state index in [-0.39, 0.29) is 17.6 Å². The Labute approximate surface area is 208 Å². The number of nitrogens with zero attached hydrogens (tertiary/aromatic N) is 6. The first-order valence-electron chi connectivity index (χ1n) is 12.1. The van der Waals surface area contributed by atoms with Crippen LogP contribution in [0.4, 0.5) is 26.4 Å². The molecule has 10 nitrogen and oxygen atoms in total. The first-order valence-corrected chi connectivity index (χ1v) is 12.1. The number of aryl methyl sites for hydroxylation is 2. The highest BCUT2D eigenvalue weighted by Crippen LogP contribution is 2.38. The molecule has 0 spiro atoms. The van der Waals surface area contributed by atoms with Gasteiger partial charge in [-0.15, -0.1) is 0 Å². The smallest absolute Gasteiger partial charge is 0.327 e. The van der Waals surface area contributed by atoms with Gasteiger partial charge in [-0.3, -0.25) is 14.6 Å². The molecular weight excluding hydrogens is 463 g/mol. The lowest BCUT2D eigenvalue weighted by Crippen LogP contribution is -2.46. The third-order valence-corrected chi connectivity index (χ3v) is 6.77. The minimum Gasteiger partial charge on any atom is -0.368 e. The van der Waals surface area contributed by atoms with Crippen LogP contribution in [-0.2, 0) is 6.54 Å². The number of carbonyl (C=O) groups excluding carboxylic acids is 2. The summed E-state index contributed by atoms with van der Waals surface area (Å²) in [6.07, 6.45) is 0. The number of halogens is 1. The van der Waals surface area contributed by atoms with Crippen LogP contribution in [0, 0.1) is 19.7 Å². The van der Waals surface area contributed by atoms with Crippen LogP contribution in [0.5, 0.6) is 0 Å². The van der Waals surface area contributed by atoms with Gasteiger partial charge in [-0.25, -0.2) is 24.1 Å². The second kappa shape index (κ2) is 9.30. The molecule has 0 radical (unpaired) electrons. The summed E-state index contributed by atoms with van der Waals surface area (Å²) in [4.78, 5) is 43.8. The minimum atomic E-state index is -0.437. The number of pyridine rings is 1. The number of amides is 3. The van der Waals surface area contributed by atoms with E-state index in [0.717, 1.165) is 37.6 Å². The quantitative estimate of drug-likeness (QED) is 0.564. The molecule has 3 aromatic rings. The highest BCUT2D eigenvalue weighted by molar-refractivity contribution is 6.17. The molecule has 0 bridgehead atoms. The predicted octanol–water partition coefficient (Wildman–Crippen LogP) is 2.83. The van der Waals surface area contributed by atoms with Crippen LogP contribution in [0.3, 0.4) is 0 Å². The molecule has 2 aliphatic rings. The zero-order chi connectivity index (χ0) is 25.6. The molecule has 1 fully saturated rings. The van der Waals surface area contributed by atoms with Gasteiger partial charge in [0.15, 0.2) is 11.6 Å². The topological polar surface area (TPSA) is 107 Å². The van der Waals surface area contributed by atoms with Crippen molar-refractivity contribution < 1.29 is 14.0 Å². The number of aromatic nitrogens is 3. The molecule has 1 saturated heterocycles. The van der Waals surface area contributed by atoms with Crippen molar-refractivity contribution in [1.29, 1.82) is 0 Å². The van der Waals surface area contributed by atoms with E-state index in [4.69, 9.17) is 0 Å². The molecule has 36 heavy (non-hydrogen) atoms. The number of piperazine rings is 1. The third-order valence-electron chi connectivity index (χ3n) is 6.77. The summed E-state index contributed by atoms with van der Waals surface area (Å²) < 4.78 is 15.6. The average Bonchev–Trinajstić information content (AvgIpc) is 2.86. The van der Waals surface area contributed by atoms with Crippen LogP contribution >= 0.6 is 0 Å². The standard InChI is InChI=1S/C25H29FN8O2/c1-5-34-23-20-18(29-15(3)30-23)12-16(21(26)22(20)31-25(34)36)13-32-8-10-33(11-9-32)19-7-6-17(24(35)27-4)28-14(19)2/h6-7,12H,5,8-11,13H2,1-4H3,(H,27,35)(H,31,36). The number of hydrogen-bond donors (Lipinski definition) is 2. The van der Waals surface area contributed by atoms with Gasteiger partial charge in [-0.05, 0) is 39.0 Å². The number of benzene rings is 1. The van der Waals surface area contributed by atoms with Crippen LogP contribution < -0.4 is 20.4 Å². The molecule has 2 N–H and O–H groups in total. The Morgan fingerprint density at radius 2 is 1.89 bits per heavy atom. The van der Waals surface area contributed by atoms with Gasteiger partial charge in [-0.1, -0.05) is 0 Å². The Bertz CT molecular complexity index is 1370. The average molecular weight is 493 g/mol. The molecule has 11 heteroatoms. The summed E-state index contributed by atoms with van der Waals surface area (Å²) in [5.41, 5.74) is 3.46. The SMILES string of the molecule is CCN1C(=O)Nc2c(F)c(CN3CCN(c4ccc(C(=O)NC)nc4C)CC3)cc3nc(C)nc1c23. The first kappa shape index (κ1) is 23.9. The molecule has 0 aliphatic carbocycles. The lowest BCUT2D eigenvalue weighted by molar-refractivity contribution is 0.0958. The van der Waals surface area contributed by atoms with Gasteiger partial charge in [-0.2, -0.15) is 0 Å². The van der Waals surface area contributed by atoms with Crippen molar-refractivity contribution in [2.24, 2.45) is 0 Å². The monoisotopic (exact) mass is 492 g/mol. The molecular formula is C25H29FN8O2. The molecule has 5 rings (SSSR count). The maximum atomic E-state index is 15.6. The van der Waals surface area contributed by atoms with Gasteiger partial charge < -0.3 is 15.5 Å². The van der Waals surface area contributed by atoms with Crippen molar-refractivity contribution in [2.45, 2.75) is 27.3 Å². The van der Waals surface area contributed by atoms with Gasteiger partial charge in [0.25, 0.3) is 5.91 Å². The molecule has 188 valence electrons. The number of hydrogen-bond acceptors (Lipinski definition) is 7. The molecule has 0 saturated carbocycles. The molecule has 2 aliphatic heterocycles. The van der Waals surface area contributed by atoms with Crippen LogP contribution in [-0.4, -0.2) is 71.6 Å². The van der Waals surface area contributed by atoms with E-state index in [2.05, 4.69) is 35.4 Å². The van der Waals surface area contributed by atoms with E-state index >= 15 is 4.39 Å². The Balaban J connectivity index is 1.36. The van der Waals surface area contributed by atoms with E-state index in [0.29, 0.717) is 46.9 Å². The van der Waals surface area contributed by atoms with Crippen LogP contribution in [0.1, 0.15) is 34.5 Å². The Morgan fingerprint density at radius 3 is 2.56 bits per heavy atom. The maximum Gasteiger partial charge on any atom is 0.327 e. The normalized spacial score (nSPS) is 15.9. The predicted molar refractivity (Wildman–Crippen MR) is 136 cm³/mol. The van der Waals surface area contributed by atoms with Crippen molar-refractivity contribution in [2.75, 3.05) is 54.9 Å². The molecule has 2 aromatic heterocycles. The van der Waals surface area contributed by atoms with Gasteiger partial charge in [0, 0.05) is 51.9 Å². The fourth-order valence-electron chi connectivity index (χ4n) is 4.94. The highest BCUT2D eigenvalue weighted by atomic mass is 19.1. The molecule has 0 unspecified atom stereocenters. The summed E-state index contributed by atoms with van der Waals surface area (Å²) in [7, 11) is 1.58. The third kappa shape index (κ3) is 4.09. The molecule has 1 aromatic carbocycles. The zero-order valence-electron chi connectivity index (χ0n) is 20.9. The minimum absolute atomic E-state index is 0.156. The Kier molecular flexibility index (Phi) is 6.17. The second-order valence-electron chi connectivity index (χ2n) is 9.03. The van der Waals surface area contributed by atoms with E-state index in [1.165, 1.54) is 4.90 Å². The first-order chi connectivity index (χ1) is 17.3. The van der Waals surface area contributed by atoms with Crippen molar-refractivity contribution >= 4 is 40.0 Å². The number of rotatable bonds is 5. The van der Waals surface area contributed by atoms with Crippen LogP contribution in [0.25, 0.3) is 10.9 Å². The van der Waals surface area contributed by atoms with E-state index in [1.54, 1.807) is 26.1 Å². The summed E-state index contributed by atoms with van der Waals surface area (Å²) in [6, 6.07) is 5.05. The number of nitrogens with one attached hydrogen (secondary N) is 2. The number of anilines is 3. The van der Waals surface area contributed by atoms with Crippen molar-refractivity contribution in [3.63, 3.8) is 0 Å². The second-order valence-corrected chi connectivity index (χ2v) is 9.03. The summed E-state index contributed by atoms with van der Waals surface area (Å²) >= 11 is 0.